The Bertz CT molecular complexity index is 850. The van der Waals surface area contributed by atoms with E-state index < -0.39 is 5.82 Å². The summed E-state index contributed by atoms with van der Waals surface area (Å²) in [5, 5.41) is 12.0. The molecule has 2 N–H and O–H groups in total. The lowest BCUT2D eigenvalue weighted by molar-refractivity contribution is -0.126. The first-order valence-corrected chi connectivity index (χ1v) is 9.43. The van der Waals surface area contributed by atoms with Crippen LogP contribution >= 0.6 is 23.2 Å². The van der Waals surface area contributed by atoms with Gasteiger partial charge in [0, 0.05) is 36.1 Å². The van der Waals surface area contributed by atoms with E-state index in [-0.39, 0.29) is 36.2 Å². The summed E-state index contributed by atoms with van der Waals surface area (Å²) in [6.45, 7) is 3.41. The van der Waals surface area contributed by atoms with E-state index in [9.17, 15) is 14.3 Å². The molecule has 0 aromatic heterocycles. The molecule has 2 aromatic carbocycles. The van der Waals surface area contributed by atoms with Crippen LogP contribution in [-0.4, -0.2) is 36.7 Å². The summed E-state index contributed by atoms with van der Waals surface area (Å²) in [5.41, 5.74) is 3.73. The van der Waals surface area contributed by atoms with Gasteiger partial charge in [-0.3, -0.25) is 10.2 Å². The predicted molar refractivity (Wildman–Crippen MR) is 109 cm³/mol. The Labute approximate surface area is 174 Å². The topological polar surface area (TPSA) is 61.8 Å². The summed E-state index contributed by atoms with van der Waals surface area (Å²) in [5.74, 6) is -0.707. The summed E-state index contributed by atoms with van der Waals surface area (Å²) in [7, 11) is 3.38. The Morgan fingerprint density at radius 1 is 1.25 bits per heavy atom. The monoisotopic (exact) mass is 428 g/mol. The van der Waals surface area contributed by atoms with Gasteiger partial charge in [0.25, 0.3) is 5.91 Å². The molecule has 0 radical (unpaired) electrons. The van der Waals surface area contributed by atoms with Crippen molar-refractivity contribution in [2.75, 3.05) is 20.7 Å². The number of phenols is 1. The second-order valence-electron chi connectivity index (χ2n) is 6.89. The number of ether oxygens (including phenoxy) is 1. The fourth-order valence-corrected chi connectivity index (χ4v) is 3.37. The Morgan fingerprint density at radius 3 is 2.39 bits per heavy atom. The smallest absolute Gasteiger partial charge is 0.272 e. The van der Waals surface area contributed by atoms with Gasteiger partial charge in [-0.2, -0.15) is 0 Å². The number of phenolic OH excluding ortho intramolecular Hbond substituents is 1. The molecule has 1 amide bonds. The summed E-state index contributed by atoms with van der Waals surface area (Å²) < 4.78 is 20.2. The third-order valence-electron chi connectivity index (χ3n) is 4.01. The van der Waals surface area contributed by atoms with E-state index in [4.69, 9.17) is 27.9 Å². The molecule has 0 bridgehead atoms. The number of rotatable bonds is 7. The Hall–Kier alpha value is -2.02. The van der Waals surface area contributed by atoms with Gasteiger partial charge in [-0.25, -0.2) is 9.40 Å². The molecule has 8 heteroatoms. The van der Waals surface area contributed by atoms with Crippen LogP contribution in [0.1, 0.15) is 36.5 Å². The van der Waals surface area contributed by atoms with Crippen LogP contribution in [0.25, 0.3) is 0 Å². The van der Waals surface area contributed by atoms with E-state index in [0.29, 0.717) is 26.9 Å². The Balaban J connectivity index is 2.22. The van der Waals surface area contributed by atoms with Crippen molar-refractivity contribution in [2.24, 2.45) is 0 Å². The second-order valence-corrected chi connectivity index (χ2v) is 7.70. The highest BCUT2D eigenvalue weighted by atomic mass is 35.5. The number of hydrogen-bond donors (Lipinski definition) is 2. The number of benzene rings is 2. The lowest BCUT2D eigenvalue weighted by atomic mass is 9.95. The van der Waals surface area contributed by atoms with Crippen LogP contribution in [0.5, 0.6) is 11.5 Å². The van der Waals surface area contributed by atoms with Crippen molar-refractivity contribution in [1.29, 1.82) is 0 Å². The molecule has 2 aromatic rings. The third kappa shape index (κ3) is 5.50. The first-order valence-electron chi connectivity index (χ1n) is 8.67. The van der Waals surface area contributed by atoms with Gasteiger partial charge >= 0.3 is 0 Å². The highest BCUT2D eigenvalue weighted by molar-refractivity contribution is 6.36. The summed E-state index contributed by atoms with van der Waals surface area (Å²) in [4.78, 5) is 11.7. The Morgan fingerprint density at radius 2 is 1.86 bits per heavy atom. The lowest BCUT2D eigenvalue weighted by Crippen LogP contribution is -2.39. The average molecular weight is 429 g/mol. The maximum Gasteiger partial charge on any atom is 0.272 e. The van der Waals surface area contributed by atoms with Gasteiger partial charge in [0.2, 0.25) is 0 Å². The normalized spacial score (nSPS) is 11.2. The van der Waals surface area contributed by atoms with Crippen LogP contribution < -0.4 is 10.2 Å². The molecule has 0 atom stereocenters. The molecule has 0 fully saturated rings. The largest absolute Gasteiger partial charge is 0.508 e. The predicted octanol–water partition coefficient (Wildman–Crippen LogP) is 4.52. The number of nitrogens with zero attached hydrogens (tertiary/aromatic N) is 1. The molecule has 5 nitrogen and oxygen atoms in total. The zero-order valence-electron chi connectivity index (χ0n) is 16.1. The molecule has 0 saturated heterocycles. The van der Waals surface area contributed by atoms with Crippen LogP contribution in [0, 0.1) is 5.82 Å². The van der Waals surface area contributed by atoms with Crippen molar-refractivity contribution in [3.8, 4) is 11.5 Å². The number of aromatic hydroxyl groups is 1. The zero-order chi connectivity index (χ0) is 21.0. The van der Waals surface area contributed by atoms with E-state index in [1.807, 2.05) is 0 Å². The number of nitrogens with one attached hydrogen (secondary N) is 1. The minimum Gasteiger partial charge on any atom is -0.508 e. The minimum absolute atomic E-state index is 0.0757. The van der Waals surface area contributed by atoms with Gasteiger partial charge < -0.3 is 9.84 Å². The third-order valence-corrected chi connectivity index (χ3v) is 4.69. The van der Waals surface area contributed by atoms with Crippen LogP contribution in [0.2, 0.25) is 10.0 Å². The standard InChI is InChI=1S/C20H23Cl2FN2O3/c1-11(2)19-17(26)6-5-12(20(19)23)7-14-15(21)8-13(9-16(14)22)28-10-18(27)24-25(3)4/h5-6,8-9,11,26H,7,10H2,1-4H3,(H,24,27). The number of amides is 1. The molecule has 0 aliphatic heterocycles. The highest BCUT2D eigenvalue weighted by Crippen LogP contribution is 2.35. The highest BCUT2D eigenvalue weighted by Gasteiger charge is 2.18. The quantitative estimate of drug-likeness (QED) is 0.636. The maximum absolute atomic E-state index is 14.8. The summed E-state index contributed by atoms with van der Waals surface area (Å²) in [6.07, 6.45) is 0.158. The summed E-state index contributed by atoms with van der Waals surface area (Å²) >= 11 is 12.7. The molecule has 2 rings (SSSR count). The van der Waals surface area contributed by atoms with Crippen molar-refractivity contribution >= 4 is 29.1 Å². The van der Waals surface area contributed by atoms with Crippen molar-refractivity contribution in [3.05, 3.63) is 56.8 Å². The van der Waals surface area contributed by atoms with Gasteiger partial charge in [0.15, 0.2) is 6.61 Å². The van der Waals surface area contributed by atoms with Gasteiger partial charge in [0.1, 0.15) is 17.3 Å². The first-order chi connectivity index (χ1) is 13.1. The molecule has 0 saturated carbocycles. The fraction of sp³-hybridized carbons (Fsp3) is 0.350. The molecule has 152 valence electrons. The minimum atomic E-state index is -0.470. The Kier molecular flexibility index (Phi) is 7.52. The SMILES string of the molecule is CC(C)c1c(O)ccc(Cc2c(Cl)cc(OCC(=O)NN(C)C)cc2Cl)c1F. The molecule has 28 heavy (non-hydrogen) atoms. The lowest BCUT2D eigenvalue weighted by Gasteiger charge is -2.16. The van der Waals surface area contributed by atoms with Crippen molar-refractivity contribution < 1.29 is 19.0 Å². The first kappa shape index (κ1) is 22.3. The number of hydrogen-bond acceptors (Lipinski definition) is 4. The van der Waals surface area contributed by atoms with E-state index in [2.05, 4.69) is 5.43 Å². The average Bonchev–Trinajstić information content (AvgIpc) is 2.57. The van der Waals surface area contributed by atoms with Gasteiger partial charge in [-0.15, -0.1) is 0 Å². The van der Waals surface area contributed by atoms with Crippen LogP contribution in [0.3, 0.4) is 0 Å². The molecule has 0 aliphatic rings. The van der Waals surface area contributed by atoms with E-state index >= 15 is 0 Å². The molecule has 0 unspecified atom stereocenters. The number of hydrazine groups is 1. The van der Waals surface area contributed by atoms with Crippen molar-refractivity contribution in [3.63, 3.8) is 0 Å². The number of carbonyl (C=O) groups is 1. The van der Waals surface area contributed by atoms with Crippen LogP contribution in [-0.2, 0) is 11.2 Å². The zero-order valence-corrected chi connectivity index (χ0v) is 17.7. The van der Waals surface area contributed by atoms with Gasteiger partial charge in [-0.1, -0.05) is 43.1 Å². The summed E-state index contributed by atoms with van der Waals surface area (Å²) in [6, 6.07) is 6.05. The maximum atomic E-state index is 14.8. The number of halogens is 3. The van der Waals surface area contributed by atoms with E-state index in [0.717, 1.165) is 0 Å². The molecular weight excluding hydrogens is 406 g/mol. The molecule has 0 heterocycles. The fourth-order valence-electron chi connectivity index (χ4n) is 2.77. The van der Waals surface area contributed by atoms with Crippen LogP contribution in [0.4, 0.5) is 4.39 Å². The van der Waals surface area contributed by atoms with Crippen molar-refractivity contribution in [1.82, 2.24) is 10.4 Å². The van der Waals surface area contributed by atoms with Gasteiger partial charge in [0.05, 0.1) is 0 Å². The molecular formula is C20H23Cl2FN2O3. The van der Waals surface area contributed by atoms with Crippen molar-refractivity contribution in [2.45, 2.75) is 26.2 Å². The van der Waals surface area contributed by atoms with Gasteiger partial charge in [-0.05, 0) is 35.2 Å². The molecule has 0 aliphatic carbocycles. The van der Waals surface area contributed by atoms with E-state index in [1.165, 1.54) is 29.3 Å². The van der Waals surface area contributed by atoms with E-state index in [1.54, 1.807) is 27.9 Å². The van der Waals surface area contributed by atoms with Crippen LogP contribution in [0.15, 0.2) is 24.3 Å². The second kappa shape index (κ2) is 9.45. The number of carbonyl (C=O) groups excluding carboxylic acids is 1. The molecule has 0 spiro atoms.